The highest BCUT2D eigenvalue weighted by molar-refractivity contribution is 6.32. The number of guanidine groups is 1. The monoisotopic (exact) mass is 463 g/mol. The van der Waals surface area contributed by atoms with Crippen molar-refractivity contribution in [2.24, 2.45) is 5.10 Å². The molecule has 3 aromatic carbocycles. The zero-order valence-electron chi connectivity index (χ0n) is 17.4. The molecule has 0 aliphatic heterocycles. The topological polar surface area (TPSA) is 107 Å². The lowest BCUT2D eigenvalue weighted by Gasteiger charge is -2.12. The van der Waals surface area contributed by atoms with Crippen molar-refractivity contribution in [2.45, 2.75) is 0 Å². The average molecular weight is 464 g/mol. The number of aromatic nitrogens is 2. The third kappa shape index (κ3) is 5.52. The number of hydrogen-bond acceptors (Lipinski definition) is 6. The third-order valence-corrected chi connectivity index (χ3v) is 4.81. The molecule has 4 aromatic rings. The summed E-state index contributed by atoms with van der Waals surface area (Å²) >= 11 is 6.39. The largest absolute Gasteiger partial charge is 0.456 e. The van der Waals surface area contributed by atoms with Gasteiger partial charge >= 0.3 is 0 Å². The van der Waals surface area contributed by atoms with Gasteiger partial charge in [0.05, 0.1) is 16.8 Å². The predicted octanol–water partition coefficient (Wildman–Crippen LogP) is 5.04. The summed E-state index contributed by atoms with van der Waals surface area (Å²) in [4.78, 5) is 8.65. The summed E-state index contributed by atoms with van der Waals surface area (Å²) in [6.07, 6.45) is 3.06. The summed E-state index contributed by atoms with van der Waals surface area (Å²) in [6, 6.07) is 16.6. The number of hydrazone groups is 1. The van der Waals surface area contributed by atoms with E-state index >= 15 is 0 Å². The molecule has 0 aliphatic rings. The Morgan fingerprint density at radius 2 is 2.00 bits per heavy atom. The van der Waals surface area contributed by atoms with Crippen molar-refractivity contribution >= 4 is 46.2 Å². The molecule has 1 heterocycles. The number of rotatable bonds is 6. The summed E-state index contributed by atoms with van der Waals surface area (Å²) in [5.41, 5.74) is 4.80. The summed E-state index contributed by atoms with van der Waals surface area (Å²) in [5, 5.41) is 18.5. The van der Waals surface area contributed by atoms with Crippen molar-refractivity contribution in [3.8, 4) is 11.5 Å². The van der Waals surface area contributed by atoms with Crippen LogP contribution < -0.4 is 20.8 Å². The molecule has 1 aromatic heterocycles. The van der Waals surface area contributed by atoms with Gasteiger partial charge < -0.3 is 15.4 Å². The molecule has 4 N–H and O–H groups in total. The van der Waals surface area contributed by atoms with Gasteiger partial charge in [-0.3, -0.25) is 5.41 Å². The van der Waals surface area contributed by atoms with Gasteiger partial charge in [-0.1, -0.05) is 23.7 Å². The Bertz CT molecular complexity index is 1350. The van der Waals surface area contributed by atoms with Crippen LogP contribution in [0.25, 0.3) is 10.9 Å². The maximum atomic E-state index is 13.4. The molecule has 8 nitrogen and oxygen atoms in total. The van der Waals surface area contributed by atoms with E-state index in [1.807, 2.05) is 18.2 Å². The van der Waals surface area contributed by atoms with E-state index in [4.69, 9.17) is 21.7 Å². The van der Waals surface area contributed by atoms with Crippen LogP contribution in [0.5, 0.6) is 11.5 Å². The second-order valence-electron chi connectivity index (χ2n) is 6.82. The van der Waals surface area contributed by atoms with E-state index < -0.39 is 5.82 Å². The number of hydrogen-bond donors (Lipinski definition) is 4. The fraction of sp³-hybridized carbons (Fsp3) is 0.0435. The summed E-state index contributed by atoms with van der Waals surface area (Å²) < 4.78 is 19.1. The molecule has 0 atom stereocenters. The van der Waals surface area contributed by atoms with Gasteiger partial charge in [0.2, 0.25) is 5.96 Å². The van der Waals surface area contributed by atoms with Gasteiger partial charge in [0, 0.05) is 24.2 Å². The van der Waals surface area contributed by atoms with Gasteiger partial charge in [-0.25, -0.2) is 19.8 Å². The van der Waals surface area contributed by atoms with Crippen molar-refractivity contribution in [2.75, 3.05) is 12.4 Å². The molecular weight excluding hydrogens is 445 g/mol. The zero-order valence-corrected chi connectivity index (χ0v) is 18.2. The molecule has 10 heteroatoms. The number of ether oxygens (including phenoxy) is 1. The van der Waals surface area contributed by atoms with Crippen LogP contribution in [0.1, 0.15) is 5.56 Å². The number of benzene rings is 3. The van der Waals surface area contributed by atoms with E-state index in [9.17, 15) is 4.39 Å². The molecular formula is C23H19ClFN7O. The SMILES string of the molecule is CNC(=N)N/N=C/c1ccc2ncnc(Nc3ccc(Oc4cccc(F)c4)c(Cl)c3)c2c1. The lowest BCUT2D eigenvalue weighted by Crippen LogP contribution is -2.29. The van der Waals surface area contributed by atoms with Crippen molar-refractivity contribution in [3.63, 3.8) is 0 Å². The van der Waals surface area contributed by atoms with Gasteiger partial charge in [-0.15, -0.1) is 0 Å². The molecule has 4 rings (SSSR count). The zero-order chi connectivity index (χ0) is 23.2. The smallest absolute Gasteiger partial charge is 0.208 e. The van der Waals surface area contributed by atoms with Crippen LogP contribution in [0, 0.1) is 11.2 Å². The van der Waals surface area contributed by atoms with Crippen molar-refractivity contribution in [1.29, 1.82) is 5.41 Å². The van der Waals surface area contributed by atoms with E-state index in [0.29, 0.717) is 28.0 Å². The maximum Gasteiger partial charge on any atom is 0.208 e. The van der Waals surface area contributed by atoms with Gasteiger partial charge in [0.25, 0.3) is 0 Å². The normalized spacial score (nSPS) is 10.9. The van der Waals surface area contributed by atoms with Gasteiger partial charge in [-0.2, -0.15) is 5.10 Å². The minimum atomic E-state index is -0.391. The van der Waals surface area contributed by atoms with Crippen LogP contribution >= 0.6 is 11.6 Å². The molecule has 0 spiro atoms. The first kappa shape index (κ1) is 22.0. The highest BCUT2D eigenvalue weighted by atomic mass is 35.5. The van der Waals surface area contributed by atoms with Crippen LogP contribution in [0.3, 0.4) is 0 Å². The Morgan fingerprint density at radius 3 is 2.79 bits per heavy atom. The first-order chi connectivity index (χ1) is 16.0. The number of nitrogens with zero attached hydrogens (tertiary/aromatic N) is 3. The van der Waals surface area contributed by atoms with Crippen molar-refractivity contribution < 1.29 is 9.13 Å². The van der Waals surface area contributed by atoms with Crippen molar-refractivity contribution in [1.82, 2.24) is 20.7 Å². The molecule has 0 aliphatic carbocycles. The second-order valence-corrected chi connectivity index (χ2v) is 7.23. The number of anilines is 2. The summed E-state index contributed by atoms with van der Waals surface area (Å²) in [7, 11) is 1.63. The minimum absolute atomic E-state index is 0.0828. The molecule has 0 amide bonds. The molecule has 0 saturated carbocycles. The quantitative estimate of drug-likeness (QED) is 0.181. The Morgan fingerprint density at radius 1 is 1.12 bits per heavy atom. The van der Waals surface area contributed by atoms with E-state index in [-0.39, 0.29) is 5.96 Å². The number of nitrogens with one attached hydrogen (secondary N) is 4. The summed E-state index contributed by atoms with van der Waals surface area (Å²) in [5.74, 6) is 1.03. The second kappa shape index (κ2) is 9.92. The van der Waals surface area contributed by atoms with Gasteiger partial charge in [0.15, 0.2) is 0 Å². The van der Waals surface area contributed by atoms with Gasteiger partial charge in [0.1, 0.15) is 29.5 Å². The van der Waals surface area contributed by atoms with E-state index in [1.54, 1.807) is 43.6 Å². The lowest BCUT2D eigenvalue weighted by molar-refractivity contribution is 0.477. The molecule has 0 saturated heterocycles. The first-order valence-electron chi connectivity index (χ1n) is 9.82. The lowest BCUT2D eigenvalue weighted by atomic mass is 10.1. The molecule has 33 heavy (non-hydrogen) atoms. The Balaban J connectivity index is 1.56. The molecule has 0 bridgehead atoms. The van der Waals surface area contributed by atoms with E-state index in [1.165, 1.54) is 18.5 Å². The highest BCUT2D eigenvalue weighted by Crippen LogP contribution is 2.33. The third-order valence-electron chi connectivity index (χ3n) is 4.52. The van der Waals surface area contributed by atoms with Crippen LogP contribution in [0.2, 0.25) is 5.02 Å². The molecule has 0 fully saturated rings. The fourth-order valence-electron chi connectivity index (χ4n) is 2.94. The van der Waals surface area contributed by atoms with Crippen LogP contribution in [-0.4, -0.2) is 29.2 Å². The van der Waals surface area contributed by atoms with Crippen LogP contribution in [0.4, 0.5) is 15.9 Å². The Kier molecular flexibility index (Phi) is 6.61. The van der Waals surface area contributed by atoms with Gasteiger partial charge in [-0.05, 0) is 48.0 Å². The highest BCUT2D eigenvalue weighted by Gasteiger charge is 2.09. The standard InChI is InChI=1S/C23H19ClFN7O/c1-27-23(26)32-30-12-14-5-7-20-18(9-14)22(29-13-28-20)31-16-6-8-21(19(24)11-16)33-17-4-2-3-15(25)10-17/h2-13H,1H3,(H3,26,27,32)(H,28,29,31)/b30-12+. The Hall–Kier alpha value is -4.24. The van der Waals surface area contributed by atoms with E-state index in [2.05, 4.69) is 31.1 Å². The summed E-state index contributed by atoms with van der Waals surface area (Å²) in [6.45, 7) is 0. The molecule has 0 unspecified atom stereocenters. The predicted molar refractivity (Wildman–Crippen MR) is 128 cm³/mol. The fourth-order valence-corrected chi connectivity index (χ4v) is 3.16. The Labute approximate surface area is 194 Å². The molecule has 0 radical (unpaired) electrons. The van der Waals surface area contributed by atoms with Crippen LogP contribution in [-0.2, 0) is 0 Å². The minimum Gasteiger partial charge on any atom is -0.456 e. The number of halogens is 2. The maximum absolute atomic E-state index is 13.4. The van der Waals surface area contributed by atoms with Crippen LogP contribution in [0.15, 0.2) is 72.1 Å². The first-order valence-corrected chi connectivity index (χ1v) is 10.2. The average Bonchev–Trinajstić information content (AvgIpc) is 2.81. The van der Waals surface area contributed by atoms with E-state index in [0.717, 1.165) is 16.5 Å². The number of fused-ring (bicyclic) bond motifs is 1. The van der Waals surface area contributed by atoms with Crippen molar-refractivity contribution in [3.05, 3.63) is 83.4 Å². The molecule has 166 valence electrons.